The van der Waals surface area contributed by atoms with Crippen molar-refractivity contribution in [1.82, 2.24) is 15.5 Å². The lowest BCUT2D eigenvalue weighted by Gasteiger charge is -2.26. The normalized spacial score (nSPS) is 18.3. The number of halogens is 3. The van der Waals surface area contributed by atoms with Crippen molar-refractivity contribution in [2.24, 2.45) is 0 Å². The molecule has 2 aromatic rings. The number of amides is 3. The first kappa shape index (κ1) is 22.2. The molecule has 1 aliphatic heterocycles. The molecule has 1 atom stereocenters. The van der Waals surface area contributed by atoms with Crippen molar-refractivity contribution in [2.45, 2.75) is 43.3 Å². The van der Waals surface area contributed by atoms with E-state index >= 15 is 0 Å². The molecule has 4 rings (SSSR count). The Bertz CT molecular complexity index is 957. The minimum atomic E-state index is -4.36. The average molecular weight is 445 g/mol. The van der Waals surface area contributed by atoms with E-state index in [-0.39, 0.29) is 23.4 Å². The van der Waals surface area contributed by atoms with Gasteiger partial charge in [-0.2, -0.15) is 13.2 Å². The van der Waals surface area contributed by atoms with Gasteiger partial charge < -0.3 is 15.5 Å². The van der Waals surface area contributed by atoms with E-state index in [1.807, 2.05) is 30.3 Å². The molecular weight excluding hydrogens is 419 g/mol. The van der Waals surface area contributed by atoms with Crippen LogP contribution in [0.5, 0.6) is 0 Å². The van der Waals surface area contributed by atoms with Crippen LogP contribution < -0.4 is 10.6 Å². The van der Waals surface area contributed by atoms with Crippen molar-refractivity contribution in [1.29, 1.82) is 0 Å². The highest BCUT2D eigenvalue weighted by Gasteiger charge is 2.45. The molecule has 2 aliphatic rings. The lowest BCUT2D eigenvalue weighted by atomic mass is 9.95. The third-order valence-electron chi connectivity index (χ3n) is 6.35. The number of urea groups is 1. The zero-order valence-electron chi connectivity index (χ0n) is 17.6. The molecule has 1 aliphatic carbocycles. The smallest absolute Gasteiger partial charge is 0.340 e. The van der Waals surface area contributed by atoms with Crippen molar-refractivity contribution in [3.05, 3.63) is 71.3 Å². The Balaban J connectivity index is 1.38. The Morgan fingerprint density at radius 2 is 1.75 bits per heavy atom. The monoisotopic (exact) mass is 445 g/mol. The number of nitrogens with zero attached hydrogens (tertiary/aromatic N) is 1. The van der Waals surface area contributed by atoms with Crippen molar-refractivity contribution in [3.63, 3.8) is 0 Å². The Kier molecular flexibility index (Phi) is 6.13. The third kappa shape index (κ3) is 5.06. The maximum absolute atomic E-state index is 12.8. The fourth-order valence-corrected chi connectivity index (χ4v) is 4.23. The molecule has 2 N–H and O–H groups in total. The Labute approximate surface area is 185 Å². The molecule has 0 spiro atoms. The van der Waals surface area contributed by atoms with Gasteiger partial charge in [0.25, 0.3) is 0 Å². The van der Waals surface area contributed by atoms with Crippen LogP contribution in [0.2, 0.25) is 0 Å². The van der Waals surface area contributed by atoms with Crippen LogP contribution in [0.3, 0.4) is 0 Å². The average Bonchev–Trinajstić information content (AvgIpc) is 3.47. The lowest BCUT2D eigenvalue weighted by molar-refractivity contribution is -0.137. The van der Waals surface area contributed by atoms with Gasteiger partial charge in [-0.15, -0.1) is 0 Å². The number of benzene rings is 2. The maximum atomic E-state index is 12.8. The van der Waals surface area contributed by atoms with E-state index in [9.17, 15) is 22.8 Å². The van der Waals surface area contributed by atoms with E-state index in [0.29, 0.717) is 26.1 Å². The molecule has 0 aromatic heterocycles. The second kappa shape index (κ2) is 8.84. The van der Waals surface area contributed by atoms with Crippen molar-refractivity contribution < 1.29 is 22.8 Å². The van der Waals surface area contributed by atoms with Crippen molar-refractivity contribution >= 4 is 11.9 Å². The van der Waals surface area contributed by atoms with Crippen LogP contribution in [-0.2, 0) is 16.4 Å². The molecule has 3 amide bonds. The summed E-state index contributed by atoms with van der Waals surface area (Å²) < 4.78 is 38.5. The molecule has 0 radical (unpaired) electrons. The predicted octanol–water partition coefficient (Wildman–Crippen LogP) is 4.40. The predicted molar refractivity (Wildman–Crippen MR) is 114 cm³/mol. The van der Waals surface area contributed by atoms with Gasteiger partial charge >= 0.3 is 12.2 Å². The fraction of sp³-hybridized carbons (Fsp3) is 0.417. The van der Waals surface area contributed by atoms with E-state index in [1.54, 1.807) is 4.90 Å². The Morgan fingerprint density at radius 1 is 1.06 bits per heavy atom. The molecule has 8 heteroatoms. The van der Waals surface area contributed by atoms with Gasteiger partial charge in [-0.3, -0.25) is 4.79 Å². The van der Waals surface area contributed by atoms with Crippen LogP contribution in [0.15, 0.2) is 54.6 Å². The molecule has 0 bridgehead atoms. The van der Waals surface area contributed by atoms with E-state index < -0.39 is 11.7 Å². The molecule has 1 heterocycles. The molecule has 32 heavy (non-hydrogen) atoms. The summed E-state index contributed by atoms with van der Waals surface area (Å²) in [6, 6.07) is 14.0. The van der Waals surface area contributed by atoms with Crippen LogP contribution in [0.25, 0.3) is 0 Å². The second-order valence-corrected chi connectivity index (χ2v) is 8.59. The highest BCUT2D eigenvalue weighted by atomic mass is 19.4. The number of carbonyl (C=O) groups excluding carboxylic acids is 2. The number of hydrogen-bond donors (Lipinski definition) is 2. The summed E-state index contributed by atoms with van der Waals surface area (Å²) in [5.74, 6) is 0.0902. The van der Waals surface area contributed by atoms with Crippen LogP contribution in [-0.4, -0.2) is 36.5 Å². The van der Waals surface area contributed by atoms with Gasteiger partial charge in [-0.05, 0) is 42.5 Å². The van der Waals surface area contributed by atoms with Crippen LogP contribution in [0.1, 0.15) is 48.4 Å². The van der Waals surface area contributed by atoms with E-state index in [2.05, 4.69) is 10.6 Å². The minimum Gasteiger partial charge on any atom is -0.340 e. The summed E-state index contributed by atoms with van der Waals surface area (Å²) in [5, 5.41) is 5.86. The van der Waals surface area contributed by atoms with Crippen molar-refractivity contribution in [3.8, 4) is 0 Å². The lowest BCUT2D eigenvalue weighted by Crippen LogP contribution is -2.45. The molecule has 2 fully saturated rings. The van der Waals surface area contributed by atoms with E-state index in [1.165, 1.54) is 12.1 Å². The maximum Gasteiger partial charge on any atom is 0.416 e. The van der Waals surface area contributed by atoms with Gasteiger partial charge in [0, 0.05) is 31.5 Å². The first-order chi connectivity index (χ1) is 15.3. The fourth-order valence-electron chi connectivity index (χ4n) is 4.23. The SMILES string of the molecule is O=C(NCC1(c2ccc(C(F)(F)F)cc2)CC1)NC(CN1CCCC1=O)c1ccccc1. The van der Waals surface area contributed by atoms with Crippen molar-refractivity contribution in [2.75, 3.05) is 19.6 Å². The largest absolute Gasteiger partial charge is 0.416 e. The van der Waals surface area contributed by atoms with Gasteiger partial charge in [0.2, 0.25) is 5.91 Å². The summed E-state index contributed by atoms with van der Waals surface area (Å²) in [6.45, 7) is 1.43. The van der Waals surface area contributed by atoms with Gasteiger partial charge in [0.05, 0.1) is 11.6 Å². The van der Waals surface area contributed by atoms with Crippen LogP contribution in [0, 0.1) is 0 Å². The number of hydrogen-bond acceptors (Lipinski definition) is 2. The Morgan fingerprint density at radius 3 is 2.31 bits per heavy atom. The van der Waals surface area contributed by atoms with Crippen LogP contribution >= 0.6 is 0 Å². The van der Waals surface area contributed by atoms with Crippen LogP contribution in [0.4, 0.5) is 18.0 Å². The number of rotatable bonds is 7. The van der Waals surface area contributed by atoms with E-state index in [0.717, 1.165) is 42.5 Å². The summed E-state index contributed by atoms with van der Waals surface area (Å²) in [6.07, 6.45) is -1.39. The number of carbonyl (C=O) groups is 2. The third-order valence-corrected chi connectivity index (χ3v) is 6.35. The van der Waals surface area contributed by atoms with Gasteiger partial charge in [0.1, 0.15) is 0 Å². The Hall–Kier alpha value is -3.03. The first-order valence-corrected chi connectivity index (χ1v) is 10.8. The standard InChI is InChI=1S/C24H26F3N3O2/c25-24(26,27)19-10-8-18(9-11-19)23(12-13-23)16-28-22(32)29-20(17-5-2-1-3-6-17)15-30-14-4-7-21(30)31/h1-3,5-6,8-11,20H,4,7,12-16H2,(H2,28,29,32). The summed E-state index contributed by atoms with van der Waals surface area (Å²) >= 11 is 0. The molecule has 1 saturated carbocycles. The first-order valence-electron chi connectivity index (χ1n) is 10.8. The molecule has 1 saturated heterocycles. The molecular formula is C24H26F3N3O2. The summed E-state index contributed by atoms with van der Waals surface area (Å²) in [5.41, 5.74) is 0.707. The second-order valence-electron chi connectivity index (χ2n) is 8.59. The molecule has 1 unspecified atom stereocenters. The highest BCUT2D eigenvalue weighted by Crippen LogP contribution is 2.48. The summed E-state index contributed by atoms with van der Waals surface area (Å²) in [4.78, 5) is 26.5. The van der Waals surface area contributed by atoms with Gasteiger partial charge in [-0.25, -0.2) is 4.79 Å². The quantitative estimate of drug-likeness (QED) is 0.664. The number of likely N-dealkylation sites (tertiary alicyclic amines) is 1. The van der Waals surface area contributed by atoms with Gasteiger partial charge in [-0.1, -0.05) is 42.5 Å². The van der Waals surface area contributed by atoms with E-state index in [4.69, 9.17) is 0 Å². The minimum absolute atomic E-state index is 0.0902. The molecule has 2 aromatic carbocycles. The highest BCUT2D eigenvalue weighted by molar-refractivity contribution is 5.78. The topological polar surface area (TPSA) is 61.4 Å². The zero-order valence-corrected chi connectivity index (χ0v) is 17.6. The van der Waals surface area contributed by atoms with Gasteiger partial charge in [0.15, 0.2) is 0 Å². The number of alkyl halides is 3. The number of nitrogens with one attached hydrogen (secondary N) is 2. The molecule has 170 valence electrons. The summed E-state index contributed by atoms with van der Waals surface area (Å²) in [7, 11) is 0. The molecule has 5 nitrogen and oxygen atoms in total. The zero-order chi connectivity index (χ0) is 22.8.